The fourth-order valence-electron chi connectivity index (χ4n) is 2.13. The first kappa shape index (κ1) is 18.9. The van der Waals surface area contributed by atoms with Gasteiger partial charge in [-0.25, -0.2) is 0 Å². The van der Waals surface area contributed by atoms with E-state index in [9.17, 15) is 4.79 Å². The van der Waals surface area contributed by atoms with Crippen molar-refractivity contribution in [3.05, 3.63) is 33.2 Å². The van der Waals surface area contributed by atoms with Gasteiger partial charge in [0.15, 0.2) is 6.61 Å². The average molecular weight is 412 g/mol. The number of hydrogen-bond acceptors (Lipinski definition) is 5. The number of amides is 1. The Kier molecular flexibility index (Phi) is 6.34. The number of aryl methyl sites for hydroxylation is 1. The predicted octanol–water partition coefficient (Wildman–Crippen LogP) is 4.57. The molecule has 1 N–H and O–H groups in total. The lowest BCUT2D eigenvalue weighted by molar-refractivity contribution is -0.118. The van der Waals surface area contributed by atoms with Crippen molar-refractivity contribution in [2.45, 2.75) is 46.0 Å². The Hall–Kier alpha value is -1.47. The Morgan fingerprint density at radius 1 is 1.33 bits per heavy atom. The molecule has 0 aliphatic carbocycles. The number of hydrogen-bond donors (Lipinski definition) is 1. The van der Waals surface area contributed by atoms with Gasteiger partial charge in [0.05, 0.1) is 0 Å². The molecule has 0 aliphatic rings. The second kappa shape index (κ2) is 8.07. The summed E-state index contributed by atoms with van der Waals surface area (Å²) in [5.41, 5.74) is 0.968. The van der Waals surface area contributed by atoms with Crippen LogP contribution in [-0.2, 0) is 16.6 Å². The Labute approximate surface area is 155 Å². The highest BCUT2D eigenvalue weighted by Gasteiger charge is 2.20. The number of aromatic nitrogens is 2. The largest absolute Gasteiger partial charge is 0.483 e. The van der Waals surface area contributed by atoms with Crippen molar-refractivity contribution in [1.82, 2.24) is 10.2 Å². The van der Waals surface area contributed by atoms with Gasteiger partial charge in [-0.05, 0) is 30.0 Å². The molecule has 0 spiro atoms. The molecular formula is C17H22BrN3O2S. The predicted molar refractivity (Wildman–Crippen MR) is 101 cm³/mol. The molecule has 1 amide bonds. The van der Waals surface area contributed by atoms with Gasteiger partial charge in [-0.3, -0.25) is 10.1 Å². The van der Waals surface area contributed by atoms with E-state index in [1.165, 1.54) is 11.3 Å². The summed E-state index contributed by atoms with van der Waals surface area (Å²) in [6.07, 6.45) is 1.88. The van der Waals surface area contributed by atoms with Crippen molar-refractivity contribution < 1.29 is 9.53 Å². The number of halogens is 1. The molecule has 2 aromatic rings. The highest BCUT2D eigenvalue weighted by atomic mass is 79.9. The lowest BCUT2D eigenvalue weighted by Crippen LogP contribution is -2.22. The molecule has 0 radical (unpaired) electrons. The minimum atomic E-state index is -0.239. The van der Waals surface area contributed by atoms with Crippen LogP contribution in [-0.4, -0.2) is 22.7 Å². The van der Waals surface area contributed by atoms with Crippen molar-refractivity contribution in [3.8, 4) is 5.75 Å². The lowest BCUT2D eigenvalue weighted by Gasteiger charge is -2.23. The van der Waals surface area contributed by atoms with Crippen molar-refractivity contribution in [2.24, 2.45) is 0 Å². The van der Waals surface area contributed by atoms with E-state index >= 15 is 0 Å². The standard InChI is InChI=1S/C17H22BrN3O2S/c1-5-6-15-20-21-16(24-15)19-14(22)10-23-13-8-7-11(18)9-12(13)17(2,3)4/h7-9H,5-6,10H2,1-4H3,(H,19,21,22). The molecule has 130 valence electrons. The smallest absolute Gasteiger partial charge is 0.264 e. The van der Waals surface area contributed by atoms with Crippen LogP contribution < -0.4 is 10.1 Å². The second-order valence-electron chi connectivity index (χ2n) is 6.48. The Morgan fingerprint density at radius 3 is 2.75 bits per heavy atom. The molecule has 0 bridgehead atoms. The summed E-state index contributed by atoms with van der Waals surface area (Å²) in [7, 11) is 0. The van der Waals surface area contributed by atoms with Gasteiger partial charge < -0.3 is 4.74 Å². The third kappa shape index (κ3) is 5.27. The number of carbonyl (C=O) groups excluding carboxylic acids is 1. The molecule has 1 aromatic heterocycles. The molecule has 0 aliphatic heterocycles. The van der Waals surface area contributed by atoms with Crippen LogP contribution in [0.3, 0.4) is 0 Å². The van der Waals surface area contributed by atoms with E-state index in [0.717, 1.165) is 27.9 Å². The van der Waals surface area contributed by atoms with Gasteiger partial charge in [-0.1, -0.05) is 55.0 Å². The van der Waals surface area contributed by atoms with Crippen LogP contribution >= 0.6 is 27.3 Å². The second-order valence-corrected chi connectivity index (χ2v) is 8.46. The summed E-state index contributed by atoms with van der Waals surface area (Å²) in [5, 5.41) is 12.2. The average Bonchev–Trinajstić information content (AvgIpc) is 2.92. The Balaban J connectivity index is 1.98. The first-order valence-corrected chi connectivity index (χ1v) is 9.45. The molecular weight excluding hydrogens is 390 g/mol. The molecule has 0 fully saturated rings. The number of benzene rings is 1. The van der Waals surface area contributed by atoms with Gasteiger partial charge in [0.2, 0.25) is 5.13 Å². The van der Waals surface area contributed by atoms with Gasteiger partial charge in [-0.15, -0.1) is 10.2 Å². The summed E-state index contributed by atoms with van der Waals surface area (Å²) in [4.78, 5) is 12.1. The van der Waals surface area contributed by atoms with Gasteiger partial charge in [0.1, 0.15) is 10.8 Å². The molecule has 5 nitrogen and oxygen atoms in total. The maximum absolute atomic E-state index is 12.1. The molecule has 24 heavy (non-hydrogen) atoms. The fraction of sp³-hybridized carbons (Fsp3) is 0.471. The Morgan fingerprint density at radius 2 is 2.08 bits per heavy atom. The van der Waals surface area contributed by atoms with E-state index in [1.54, 1.807) is 0 Å². The summed E-state index contributed by atoms with van der Waals surface area (Å²) < 4.78 is 6.72. The molecule has 0 atom stereocenters. The highest BCUT2D eigenvalue weighted by molar-refractivity contribution is 9.10. The molecule has 0 saturated heterocycles. The number of rotatable bonds is 6. The first-order chi connectivity index (χ1) is 11.3. The highest BCUT2D eigenvalue weighted by Crippen LogP contribution is 2.33. The normalized spacial score (nSPS) is 11.4. The number of ether oxygens (including phenoxy) is 1. The van der Waals surface area contributed by atoms with E-state index < -0.39 is 0 Å². The summed E-state index contributed by atoms with van der Waals surface area (Å²) in [5.74, 6) is 0.474. The van der Waals surface area contributed by atoms with Crippen LogP contribution in [0, 0.1) is 0 Å². The Bertz CT molecular complexity index is 710. The topological polar surface area (TPSA) is 64.1 Å². The third-order valence-corrected chi connectivity index (χ3v) is 4.68. The zero-order valence-electron chi connectivity index (χ0n) is 14.4. The zero-order chi connectivity index (χ0) is 17.7. The van der Waals surface area contributed by atoms with E-state index in [0.29, 0.717) is 10.9 Å². The first-order valence-electron chi connectivity index (χ1n) is 7.84. The molecule has 2 rings (SSSR count). The monoisotopic (exact) mass is 411 g/mol. The van der Waals surface area contributed by atoms with Gasteiger partial charge in [0, 0.05) is 16.5 Å². The van der Waals surface area contributed by atoms with Gasteiger partial charge in [0.25, 0.3) is 5.91 Å². The van der Waals surface area contributed by atoms with E-state index in [4.69, 9.17) is 4.74 Å². The van der Waals surface area contributed by atoms with Gasteiger partial charge in [-0.2, -0.15) is 0 Å². The fourth-order valence-corrected chi connectivity index (χ4v) is 3.35. The van der Waals surface area contributed by atoms with Crippen LogP contribution in [0.1, 0.15) is 44.7 Å². The molecule has 1 aromatic carbocycles. The van der Waals surface area contributed by atoms with Crippen molar-refractivity contribution in [1.29, 1.82) is 0 Å². The van der Waals surface area contributed by atoms with E-state index in [2.05, 4.69) is 59.1 Å². The van der Waals surface area contributed by atoms with Crippen molar-refractivity contribution in [2.75, 3.05) is 11.9 Å². The maximum Gasteiger partial charge on any atom is 0.264 e. The van der Waals surface area contributed by atoms with Crippen molar-refractivity contribution in [3.63, 3.8) is 0 Å². The molecule has 0 saturated carbocycles. The quantitative estimate of drug-likeness (QED) is 0.755. The third-order valence-electron chi connectivity index (χ3n) is 3.29. The summed E-state index contributed by atoms with van der Waals surface area (Å²) in [6, 6.07) is 5.81. The molecule has 7 heteroatoms. The number of nitrogens with zero attached hydrogens (tertiary/aromatic N) is 2. The van der Waals surface area contributed by atoms with Crippen LogP contribution in [0.5, 0.6) is 5.75 Å². The van der Waals surface area contributed by atoms with Crippen molar-refractivity contribution >= 4 is 38.3 Å². The van der Waals surface area contributed by atoms with E-state index in [-0.39, 0.29) is 17.9 Å². The molecule has 1 heterocycles. The van der Waals surface area contributed by atoms with Crippen LogP contribution in [0.4, 0.5) is 5.13 Å². The van der Waals surface area contributed by atoms with Gasteiger partial charge >= 0.3 is 0 Å². The lowest BCUT2D eigenvalue weighted by atomic mass is 9.86. The number of anilines is 1. The minimum Gasteiger partial charge on any atom is -0.483 e. The summed E-state index contributed by atoms with van der Waals surface area (Å²) in [6.45, 7) is 8.35. The number of nitrogens with one attached hydrogen (secondary N) is 1. The van der Waals surface area contributed by atoms with E-state index in [1.807, 2.05) is 18.2 Å². The zero-order valence-corrected chi connectivity index (χ0v) is 16.8. The SMILES string of the molecule is CCCc1nnc(NC(=O)COc2ccc(Br)cc2C(C)(C)C)s1. The maximum atomic E-state index is 12.1. The van der Waals surface area contributed by atoms with Crippen LogP contribution in [0.25, 0.3) is 0 Å². The van der Waals surface area contributed by atoms with Crippen LogP contribution in [0.15, 0.2) is 22.7 Å². The molecule has 0 unspecified atom stereocenters. The minimum absolute atomic E-state index is 0.0621. The number of carbonyl (C=O) groups is 1. The van der Waals surface area contributed by atoms with Crippen LogP contribution in [0.2, 0.25) is 0 Å². The summed E-state index contributed by atoms with van der Waals surface area (Å²) >= 11 is 4.88.